The van der Waals surface area contributed by atoms with Gasteiger partial charge >= 0.3 is 5.97 Å². The van der Waals surface area contributed by atoms with Gasteiger partial charge in [-0.2, -0.15) is 0 Å². The molecule has 3 aromatic rings. The largest absolute Gasteiger partial charge is 0.496 e. The molecule has 0 radical (unpaired) electrons. The Morgan fingerprint density at radius 1 is 1.20 bits per heavy atom. The molecule has 0 bridgehead atoms. The van der Waals surface area contributed by atoms with Crippen LogP contribution >= 0.6 is 11.6 Å². The fourth-order valence-corrected chi connectivity index (χ4v) is 2.49. The van der Waals surface area contributed by atoms with Crippen molar-refractivity contribution in [2.24, 2.45) is 0 Å². The molecule has 0 N–H and O–H groups in total. The minimum atomic E-state index is -0.539. The highest BCUT2D eigenvalue weighted by Gasteiger charge is 2.17. The van der Waals surface area contributed by atoms with Gasteiger partial charge < -0.3 is 13.9 Å². The summed E-state index contributed by atoms with van der Waals surface area (Å²) in [5.74, 6) is 0.952. The second-order valence-electron chi connectivity index (χ2n) is 5.31. The average molecular weight is 358 g/mol. The first kappa shape index (κ1) is 17.0. The lowest BCUT2D eigenvalue weighted by molar-refractivity contribution is 0.0463. The normalized spacial score (nSPS) is 10.5. The van der Waals surface area contributed by atoms with Gasteiger partial charge in [-0.15, -0.1) is 0 Å². The number of halogens is 1. The third-order valence-electron chi connectivity index (χ3n) is 3.63. The molecule has 0 saturated heterocycles. The van der Waals surface area contributed by atoms with Crippen LogP contribution in [0.15, 0.2) is 52.9 Å². The molecule has 0 fully saturated rings. The molecule has 0 aliphatic carbocycles. The smallest absolute Gasteiger partial charge is 0.342 e. The van der Waals surface area contributed by atoms with E-state index in [4.69, 9.17) is 25.5 Å². The summed E-state index contributed by atoms with van der Waals surface area (Å²) in [5, 5.41) is 0.428. The molecule has 0 spiro atoms. The van der Waals surface area contributed by atoms with Gasteiger partial charge in [-0.3, -0.25) is 0 Å². The van der Waals surface area contributed by atoms with Crippen molar-refractivity contribution in [2.45, 2.75) is 13.5 Å². The number of hydrogen-bond acceptors (Lipinski definition) is 5. The second kappa shape index (κ2) is 7.40. The summed E-state index contributed by atoms with van der Waals surface area (Å²) >= 11 is 5.94. The van der Waals surface area contributed by atoms with Gasteiger partial charge in [0.15, 0.2) is 0 Å². The number of esters is 1. The summed E-state index contributed by atoms with van der Waals surface area (Å²) in [7, 11) is 1.48. The van der Waals surface area contributed by atoms with E-state index in [9.17, 15) is 4.79 Å². The Morgan fingerprint density at radius 2 is 1.96 bits per heavy atom. The van der Waals surface area contributed by atoms with Crippen LogP contribution < -0.4 is 4.74 Å². The average Bonchev–Trinajstić information content (AvgIpc) is 3.01. The van der Waals surface area contributed by atoms with Gasteiger partial charge in [-0.25, -0.2) is 9.78 Å². The first-order valence-corrected chi connectivity index (χ1v) is 7.98. The van der Waals surface area contributed by atoms with Crippen LogP contribution in [0.1, 0.15) is 21.8 Å². The number of aromatic nitrogens is 1. The van der Waals surface area contributed by atoms with E-state index in [0.29, 0.717) is 28.1 Å². The zero-order valence-electron chi connectivity index (χ0n) is 13.8. The molecule has 0 saturated carbocycles. The highest BCUT2D eigenvalue weighted by molar-refractivity contribution is 6.31. The van der Waals surface area contributed by atoms with Crippen LogP contribution in [0.5, 0.6) is 5.75 Å². The zero-order valence-corrected chi connectivity index (χ0v) is 14.5. The van der Waals surface area contributed by atoms with Crippen LogP contribution in [0.2, 0.25) is 5.02 Å². The van der Waals surface area contributed by atoms with E-state index in [1.807, 2.05) is 30.3 Å². The lowest BCUT2D eigenvalue weighted by Gasteiger charge is -2.08. The molecular formula is C19H16ClNO4. The van der Waals surface area contributed by atoms with Crippen LogP contribution in [-0.4, -0.2) is 18.1 Å². The summed E-state index contributed by atoms with van der Waals surface area (Å²) in [6, 6.07) is 14.3. The van der Waals surface area contributed by atoms with E-state index in [1.54, 1.807) is 19.1 Å². The number of carbonyl (C=O) groups excluding carboxylic acids is 1. The highest BCUT2D eigenvalue weighted by atomic mass is 35.5. The lowest BCUT2D eigenvalue weighted by Crippen LogP contribution is -2.08. The quantitative estimate of drug-likeness (QED) is 0.621. The van der Waals surface area contributed by atoms with E-state index in [1.165, 1.54) is 13.2 Å². The van der Waals surface area contributed by atoms with Crippen LogP contribution in [0.25, 0.3) is 11.5 Å². The molecule has 0 aliphatic heterocycles. The Hall–Kier alpha value is -2.79. The van der Waals surface area contributed by atoms with Crippen molar-refractivity contribution in [3.63, 3.8) is 0 Å². The molecule has 1 aromatic heterocycles. The zero-order chi connectivity index (χ0) is 17.8. The molecule has 0 amide bonds. The number of rotatable bonds is 5. The second-order valence-corrected chi connectivity index (χ2v) is 5.75. The maximum Gasteiger partial charge on any atom is 0.342 e. The molecule has 2 aromatic carbocycles. The van der Waals surface area contributed by atoms with Gasteiger partial charge in [0.25, 0.3) is 0 Å². The Kier molecular flexibility index (Phi) is 5.05. The van der Waals surface area contributed by atoms with E-state index < -0.39 is 5.97 Å². The summed E-state index contributed by atoms with van der Waals surface area (Å²) < 4.78 is 16.2. The predicted molar refractivity (Wildman–Crippen MR) is 93.8 cm³/mol. The highest BCUT2D eigenvalue weighted by Crippen LogP contribution is 2.25. The topological polar surface area (TPSA) is 61.6 Å². The van der Waals surface area contributed by atoms with Crippen molar-refractivity contribution in [3.05, 3.63) is 70.6 Å². The van der Waals surface area contributed by atoms with Gasteiger partial charge in [0, 0.05) is 10.6 Å². The molecular weight excluding hydrogens is 342 g/mol. The van der Waals surface area contributed by atoms with Gasteiger partial charge in [-0.05, 0) is 37.3 Å². The van der Waals surface area contributed by atoms with Crippen molar-refractivity contribution >= 4 is 17.6 Å². The fourth-order valence-electron chi connectivity index (χ4n) is 2.32. The Labute approximate surface area is 150 Å². The van der Waals surface area contributed by atoms with Crippen LogP contribution in [0.4, 0.5) is 0 Å². The van der Waals surface area contributed by atoms with E-state index in [2.05, 4.69) is 4.98 Å². The Morgan fingerprint density at radius 3 is 2.68 bits per heavy atom. The molecule has 1 heterocycles. The van der Waals surface area contributed by atoms with Gasteiger partial charge in [0.05, 0.1) is 7.11 Å². The number of benzene rings is 2. The minimum Gasteiger partial charge on any atom is -0.496 e. The van der Waals surface area contributed by atoms with Gasteiger partial charge in [-0.1, -0.05) is 29.8 Å². The van der Waals surface area contributed by atoms with Crippen molar-refractivity contribution in [3.8, 4) is 17.2 Å². The van der Waals surface area contributed by atoms with E-state index in [-0.39, 0.29) is 12.2 Å². The van der Waals surface area contributed by atoms with Crippen LogP contribution in [0.3, 0.4) is 0 Å². The van der Waals surface area contributed by atoms with Gasteiger partial charge in [0.1, 0.15) is 29.4 Å². The first-order chi connectivity index (χ1) is 12.1. The van der Waals surface area contributed by atoms with Crippen molar-refractivity contribution in [2.75, 3.05) is 7.11 Å². The van der Waals surface area contributed by atoms with E-state index >= 15 is 0 Å². The summed E-state index contributed by atoms with van der Waals surface area (Å²) in [6.45, 7) is 1.78. The molecule has 25 heavy (non-hydrogen) atoms. The third kappa shape index (κ3) is 3.83. The molecule has 0 atom stereocenters. The van der Waals surface area contributed by atoms with Crippen molar-refractivity contribution in [1.29, 1.82) is 0 Å². The molecule has 3 rings (SSSR count). The first-order valence-electron chi connectivity index (χ1n) is 7.61. The molecule has 128 valence electrons. The number of nitrogens with zero attached hydrogens (tertiary/aromatic N) is 1. The molecule has 0 unspecified atom stereocenters. The summed E-state index contributed by atoms with van der Waals surface area (Å²) in [6.07, 6.45) is 0. The number of aryl methyl sites for hydroxylation is 1. The van der Waals surface area contributed by atoms with Gasteiger partial charge in [0.2, 0.25) is 5.89 Å². The number of hydrogen-bond donors (Lipinski definition) is 0. The Balaban J connectivity index is 1.75. The number of methoxy groups -OCH3 is 1. The fraction of sp³-hybridized carbons (Fsp3) is 0.158. The van der Waals surface area contributed by atoms with Crippen LogP contribution in [-0.2, 0) is 11.3 Å². The predicted octanol–water partition coefficient (Wildman–Crippen LogP) is 4.67. The standard InChI is InChI=1S/C19H16ClNO4/c1-12-16(21-18(25-12)13-6-4-3-5-7-13)11-24-19(22)15-10-14(20)8-9-17(15)23-2/h3-10H,11H2,1-2H3. The monoisotopic (exact) mass is 357 g/mol. The maximum atomic E-state index is 12.3. The van der Waals surface area contributed by atoms with Crippen LogP contribution in [0, 0.1) is 6.92 Å². The lowest BCUT2D eigenvalue weighted by atomic mass is 10.2. The van der Waals surface area contributed by atoms with E-state index in [0.717, 1.165) is 5.56 Å². The SMILES string of the molecule is COc1ccc(Cl)cc1C(=O)OCc1nc(-c2ccccc2)oc1C. The van der Waals surface area contributed by atoms with Crippen molar-refractivity contribution in [1.82, 2.24) is 4.98 Å². The molecule has 0 aliphatic rings. The maximum absolute atomic E-state index is 12.3. The summed E-state index contributed by atoms with van der Waals surface area (Å²) in [4.78, 5) is 16.7. The third-order valence-corrected chi connectivity index (χ3v) is 3.87. The minimum absolute atomic E-state index is 0.00331. The molecule has 5 nitrogen and oxygen atoms in total. The van der Waals surface area contributed by atoms with Crippen molar-refractivity contribution < 1.29 is 18.7 Å². The molecule has 6 heteroatoms. The summed E-state index contributed by atoms with van der Waals surface area (Å²) in [5.41, 5.74) is 1.69. The number of carbonyl (C=O) groups is 1. The number of ether oxygens (including phenoxy) is 2. The number of oxazole rings is 1. The Bertz CT molecular complexity index is 890.